The number of nitrogens with zero attached hydrogens (tertiary/aromatic N) is 2. The highest BCUT2D eigenvalue weighted by molar-refractivity contribution is 8.13. The van der Waals surface area contributed by atoms with Gasteiger partial charge in [-0.3, -0.25) is 14.4 Å². The first-order chi connectivity index (χ1) is 26.3. The first kappa shape index (κ1) is 52.9. The predicted octanol–water partition coefficient (Wildman–Crippen LogP) is 12.0. The molecule has 1 N–H and O–H groups in total. The number of carbonyl (C=O) groups excluding carboxylic acids is 3. The highest BCUT2D eigenvalue weighted by atomic mass is 32.2. The summed E-state index contributed by atoms with van der Waals surface area (Å²) in [6.07, 6.45) is 30.6. The summed E-state index contributed by atoms with van der Waals surface area (Å²) in [4.78, 5) is 44.0. The number of rotatable bonds is 41. The third-order valence-corrected chi connectivity index (χ3v) is 12.2. The molecule has 7 nitrogen and oxygen atoms in total. The maximum absolute atomic E-state index is 13.4. The Bertz CT molecular complexity index is 860. The number of likely N-dealkylation sites (N-methyl/N-ethyl adjacent to an activating group) is 1. The molecule has 0 bridgehead atoms. The van der Waals surface area contributed by atoms with E-state index >= 15 is 0 Å². The Labute approximate surface area is 340 Å². The summed E-state index contributed by atoms with van der Waals surface area (Å²) in [5, 5.41) is 3.61. The van der Waals surface area contributed by atoms with Crippen molar-refractivity contribution in [2.45, 2.75) is 208 Å². The van der Waals surface area contributed by atoms with Gasteiger partial charge in [0.15, 0.2) is 5.12 Å². The quantitative estimate of drug-likeness (QED) is 0.0489. The van der Waals surface area contributed by atoms with E-state index in [1.54, 1.807) is 0 Å². The molecule has 0 saturated carbocycles. The number of carbonyl (C=O) groups is 3. The molecule has 0 aliphatic heterocycles. The summed E-state index contributed by atoms with van der Waals surface area (Å²) in [5.74, 6) is 1.50. The highest BCUT2D eigenvalue weighted by Crippen LogP contribution is 2.24. The minimum Gasteiger partial charge on any atom is -0.465 e. The monoisotopic (exact) mass is 782 g/mol. The third kappa shape index (κ3) is 33.1. The molecule has 320 valence electrons. The molecule has 0 radical (unpaired) electrons. The van der Waals surface area contributed by atoms with Gasteiger partial charge in [0.2, 0.25) is 5.91 Å². The molecule has 2 unspecified atom stereocenters. The second-order valence-corrected chi connectivity index (χ2v) is 17.2. The number of thioether (sulfide) groups is 1. The van der Waals surface area contributed by atoms with Crippen LogP contribution in [0.15, 0.2) is 0 Å². The van der Waals surface area contributed by atoms with Crippen LogP contribution in [0.2, 0.25) is 0 Å². The Morgan fingerprint density at radius 3 is 1.61 bits per heavy atom. The van der Waals surface area contributed by atoms with Crippen molar-refractivity contribution in [1.82, 2.24) is 15.1 Å². The van der Waals surface area contributed by atoms with Crippen molar-refractivity contribution in [2.75, 3.05) is 58.7 Å². The van der Waals surface area contributed by atoms with Gasteiger partial charge in [-0.15, -0.1) is 0 Å². The molecule has 0 aromatic heterocycles. The number of unbranched alkanes of at least 4 members (excludes halogenated alkanes) is 16. The molecule has 0 heterocycles. The van der Waals surface area contributed by atoms with E-state index in [1.807, 2.05) is 4.90 Å². The molecule has 0 fully saturated rings. The molecule has 0 spiro atoms. The van der Waals surface area contributed by atoms with Gasteiger partial charge in [0.05, 0.1) is 12.5 Å². The second kappa shape index (κ2) is 40.1. The smallest absolute Gasteiger partial charge is 0.308 e. The van der Waals surface area contributed by atoms with Gasteiger partial charge in [-0.05, 0) is 51.6 Å². The fourth-order valence-electron chi connectivity index (χ4n) is 7.08. The largest absolute Gasteiger partial charge is 0.465 e. The Morgan fingerprint density at radius 2 is 1.07 bits per heavy atom. The van der Waals surface area contributed by atoms with Crippen LogP contribution in [0, 0.1) is 11.8 Å². The van der Waals surface area contributed by atoms with E-state index in [0.29, 0.717) is 51.4 Å². The van der Waals surface area contributed by atoms with E-state index in [4.69, 9.17) is 4.74 Å². The number of ether oxygens (including phenoxy) is 1. The van der Waals surface area contributed by atoms with Crippen LogP contribution in [0.4, 0.5) is 0 Å². The van der Waals surface area contributed by atoms with Crippen LogP contribution in [0.1, 0.15) is 208 Å². The second-order valence-electron chi connectivity index (χ2n) is 16.1. The Morgan fingerprint density at radius 1 is 0.574 bits per heavy atom. The molecule has 0 aliphatic rings. The van der Waals surface area contributed by atoms with Crippen molar-refractivity contribution < 1.29 is 19.1 Å². The molecule has 8 heteroatoms. The molecule has 0 rings (SSSR count). The minimum absolute atomic E-state index is 0.0187. The molecule has 0 saturated heterocycles. The zero-order chi connectivity index (χ0) is 39.9. The van der Waals surface area contributed by atoms with Crippen LogP contribution in [0.5, 0.6) is 0 Å². The van der Waals surface area contributed by atoms with Gasteiger partial charge < -0.3 is 19.9 Å². The van der Waals surface area contributed by atoms with Crippen LogP contribution >= 0.6 is 11.8 Å². The van der Waals surface area contributed by atoms with E-state index < -0.39 is 0 Å². The predicted molar refractivity (Wildman–Crippen MR) is 235 cm³/mol. The van der Waals surface area contributed by atoms with Gasteiger partial charge in [0, 0.05) is 51.3 Å². The lowest BCUT2D eigenvalue weighted by atomic mass is 9.94. The van der Waals surface area contributed by atoms with Crippen LogP contribution < -0.4 is 5.32 Å². The lowest BCUT2D eigenvalue weighted by Crippen LogP contribution is -2.37. The van der Waals surface area contributed by atoms with Crippen molar-refractivity contribution in [1.29, 1.82) is 0 Å². The molecule has 1 amide bonds. The van der Waals surface area contributed by atoms with E-state index in [9.17, 15) is 14.4 Å². The van der Waals surface area contributed by atoms with E-state index in [1.165, 1.54) is 140 Å². The summed E-state index contributed by atoms with van der Waals surface area (Å²) in [6, 6.07) is 0. The highest BCUT2D eigenvalue weighted by Gasteiger charge is 2.21. The molecular weight excluding hydrogens is 691 g/mol. The van der Waals surface area contributed by atoms with Gasteiger partial charge >= 0.3 is 5.97 Å². The fraction of sp³-hybridized carbons (Fsp3) is 0.935. The SMILES string of the molecule is CCCCCCCCC(CCCCCC)CSC(=O)CCN(CCCOC(=O)C(CCCCCC)CCCCCCCC)C(=O)CCNCCN(C)CC. The third-order valence-electron chi connectivity index (χ3n) is 11.0. The number of hydrogen-bond donors (Lipinski definition) is 1. The first-order valence-electron chi connectivity index (χ1n) is 23.3. The maximum Gasteiger partial charge on any atom is 0.308 e. The van der Waals surface area contributed by atoms with Crippen molar-refractivity contribution in [3.63, 3.8) is 0 Å². The number of nitrogens with one attached hydrogen (secondary N) is 1. The molecule has 2 atom stereocenters. The minimum atomic E-state index is -0.0593. The summed E-state index contributed by atoms with van der Waals surface area (Å²) in [5.41, 5.74) is 0. The van der Waals surface area contributed by atoms with Gasteiger partial charge in [-0.25, -0.2) is 0 Å². The maximum atomic E-state index is 13.4. The van der Waals surface area contributed by atoms with E-state index in [-0.39, 0.29) is 22.9 Å². The lowest BCUT2D eigenvalue weighted by Gasteiger charge is -2.23. The van der Waals surface area contributed by atoms with Crippen molar-refractivity contribution >= 4 is 28.8 Å². The van der Waals surface area contributed by atoms with Gasteiger partial charge in [0.1, 0.15) is 0 Å². The van der Waals surface area contributed by atoms with Crippen molar-refractivity contribution in [3.05, 3.63) is 0 Å². The molecule has 0 aromatic rings. The Hall–Kier alpha value is -1.12. The normalized spacial score (nSPS) is 12.6. The number of esters is 1. The van der Waals surface area contributed by atoms with Crippen LogP contribution in [0.3, 0.4) is 0 Å². The number of amides is 1. The number of hydrogen-bond acceptors (Lipinski definition) is 7. The van der Waals surface area contributed by atoms with E-state index in [0.717, 1.165) is 51.1 Å². The summed E-state index contributed by atoms with van der Waals surface area (Å²) < 4.78 is 5.87. The van der Waals surface area contributed by atoms with Gasteiger partial charge in [0.25, 0.3) is 0 Å². The lowest BCUT2D eigenvalue weighted by molar-refractivity contribution is -0.149. The topological polar surface area (TPSA) is 78.9 Å². The summed E-state index contributed by atoms with van der Waals surface area (Å²) >= 11 is 1.50. The van der Waals surface area contributed by atoms with Crippen LogP contribution in [-0.4, -0.2) is 85.5 Å². The standard InChI is InChI=1S/C46H91N3O4S/c1-7-12-16-20-22-25-30-42(29-24-18-14-9-3)41-54-45(51)34-38-49(44(50)33-35-47-36-39-48(6)11-5)37-28-40-53-46(52)43(31-26-19-15-10-4)32-27-23-21-17-13-8-2/h42-43,47H,7-41H2,1-6H3. The van der Waals surface area contributed by atoms with Crippen LogP contribution in [0.25, 0.3) is 0 Å². The Kier molecular flexibility index (Phi) is 39.3. The molecule has 54 heavy (non-hydrogen) atoms. The van der Waals surface area contributed by atoms with Crippen molar-refractivity contribution in [3.8, 4) is 0 Å². The van der Waals surface area contributed by atoms with Gasteiger partial charge in [-0.1, -0.05) is 175 Å². The average Bonchev–Trinajstić information content (AvgIpc) is 3.17. The van der Waals surface area contributed by atoms with E-state index in [2.05, 4.69) is 51.9 Å². The van der Waals surface area contributed by atoms with Gasteiger partial charge in [-0.2, -0.15) is 0 Å². The Balaban J connectivity index is 5.13. The summed E-state index contributed by atoms with van der Waals surface area (Å²) in [7, 11) is 2.10. The average molecular weight is 782 g/mol. The zero-order valence-corrected chi connectivity index (χ0v) is 37.7. The van der Waals surface area contributed by atoms with Crippen molar-refractivity contribution in [2.24, 2.45) is 11.8 Å². The zero-order valence-electron chi connectivity index (χ0n) is 36.8. The molecule has 0 aromatic carbocycles. The summed E-state index contributed by atoms with van der Waals surface area (Å²) in [6.45, 7) is 15.8. The fourth-order valence-corrected chi connectivity index (χ4v) is 8.07. The first-order valence-corrected chi connectivity index (χ1v) is 24.3. The van der Waals surface area contributed by atoms with Crippen LogP contribution in [-0.2, 0) is 19.1 Å². The molecule has 0 aliphatic carbocycles. The molecular formula is C46H91N3O4S.